The van der Waals surface area contributed by atoms with Gasteiger partial charge in [-0.1, -0.05) is 29.8 Å². The zero-order valence-electron chi connectivity index (χ0n) is 15.4. The average Bonchev–Trinajstić information content (AvgIpc) is 3.16. The maximum Gasteiger partial charge on any atom is 0.267 e. The molecule has 2 heterocycles. The second-order valence-corrected chi connectivity index (χ2v) is 6.91. The molecule has 7 nitrogen and oxygen atoms in total. The Morgan fingerprint density at radius 2 is 1.83 bits per heavy atom. The SMILES string of the molecule is Cl.Cn1c(C(=O)NCCN)cc2c3c(c(-c4ccccc4Cl)cc21)C(=O)NC3=O. The van der Waals surface area contributed by atoms with Crippen molar-refractivity contribution < 1.29 is 14.4 Å². The molecule has 0 saturated heterocycles. The number of fused-ring (bicyclic) bond motifs is 3. The van der Waals surface area contributed by atoms with E-state index < -0.39 is 11.8 Å². The lowest BCUT2D eigenvalue weighted by atomic mass is 9.94. The minimum atomic E-state index is -0.488. The van der Waals surface area contributed by atoms with E-state index in [4.69, 9.17) is 17.3 Å². The zero-order chi connectivity index (χ0) is 20.0. The van der Waals surface area contributed by atoms with Gasteiger partial charge in [-0.05, 0) is 23.8 Å². The van der Waals surface area contributed by atoms with Gasteiger partial charge in [0, 0.05) is 41.6 Å². The molecule has 1 aromatic heterocycles. The minimum absolute atomic E-state index is 0. The summed E-state index contributed by atoms with van der Waals surface area (Å²) in [5.74, 6) is -1.27. The third-order valence-corrected chi connectivity index (χ3v) is 5.19. The first-order valence-electron chi connectivity index (χ1n) is 8.69. The van der Waals surface area contributed by atoms with E-state index in [-0.39, 0.29) is 29.4 Å². The molecule has 0 radical (unpaired) electrons. The number of carbonyl (C=O) groups excluding carboxylic acids is 3. The fraction of sp³-hybridized carbons (Fsp3) is 0.150. The molecule has 150 valence electrons. The molecule has 3 amide bonds. The van der Waals surface area contributed by atoms with Gasteiger partial charge >= 0.3 is 0 Å². The van der Waals surface area contributed by atoms with Gasteiger partial charge in [0.15, 0.2) is 0 Å². The van der Waals surface area contributed by atoms with E-state index in [2.05, 4.69) is 10.6 Å². The van der Waals surface area contributed by atoms with Gasteiger partial charge in [-0.3, -0.25) is 19.7 Å². The number of benzene rings is 2. The van der Waals surface area contributed by atoms with Crippen LogP contribution < -0.4 is 16.4 Å². The number of nitrogens with two attached hydrogens (primary N) is 1. The summed E-state index contributed by atoms with van der Waals surface area (Å²) in [6, 6.07) is 10.5. The molecule has 0 aliphatic carbocycles. The Bertz CT molecular complexity index is 1170. The quantitative estimate of drug-likeness (QED) is 0.550. The van der Waals surface area contributed by atoms with Crippen LogP contribution in [0.2, 0.25) is 5.02 Å². The van der Waals surface area contributed by atoms with Crippen molar-refractivity contribution in [2.45, 2.75) is 0 Å². The molecule has 1 aliphatic heterocycles. The molecule has 0 atom stereocenters. The maximum atomic E-state index is 12.5. The number of aromatic nitrogens is 1. The lowest BCUT2D eigenvalue weighted by molar-refractivity contribution is 0.0878. The first kappa shape index (κ1) is 20.9. The molecule has 3 aromatic rings. The Hall–Kier alpha value is -2.87. The van der Waals surface area contributed by atoms with Gasteiger partial charge in [0.2, 0.25) is 0 Å². The van der Waals surface area contributed by atoms with Crippen LogP contribution in [0.1, 0.15) is 31.2 Å². The lowest BCUT2D eigenvalue weighted by Crippen LogP contribution is -2.30. The second-order valence-electron chi connectivity index (χ2n) is 6.50. The van der Waals surface area contributed by atoms with Crippen LogP contribution in [-0.4, -0.2) is 35.4 Å². The van der Waals surface area contributed by atoms with Crippen molar-refractivity contribution in [2.75, 3.05) is 13.1 Å². The molecule has 0 saturated carbocycles. The van der Waals surface area contributed by atoms with Gasteiger partial charge in [0.1, 0.15) is 5.69 Å². The topological polar surface area (TPSA) is 106 Å². The van der Waals surface area contributed by atoms with Gasteiger partial charge in [0.05, 0.1) is 11.1 Å². The molecule has 4 N–H and O–H groups in total. The van der Waals surface area contributed by atoms with E-state index in [9.17, 15) is 14.4 Å². The van der Waals surface area contributed by atoms with Crippen molar-refractivity contribution in [3.05, 3.63) is 58.2 Å². The Morgan fingerprint density at radius 3 is 2.52 bits per heavy atom. The fourth-order valence-corrected chi connectivity index (χ4v) is 3.79. The summed E-state index contributed by atoms with van der Waals surface area (Å²) < 4.78 is 1.69. The van der Waals surface area contributed by atoms with E-state index in [1.54, 1.807) is 41.9 Å². The highest BCUT2D eigenvalue weighted by molar-refractivity contribution is 6.35. The number of halogens is 2. The molecular weight excluding hydrogens is 415 g/mol. The molecular formula is C20H18Cl2N4O3. The summed E-state index contributed by atoms with van der Waals surface area (Å²) in [7, 11) is 1.73. The summed E-state index contributed by atoms with van der Waals surface area (Å²) in [6.45, 7) is 0.654. The van der Waals surface area contributed by atoms with Crippen LogP contribution in [0, 0.1) is 0 Å². The maximum absolute atomic E-state index is 12.5. The second kappa shape index (κ2) is 7.87. The van der Waals surface area contributed by atoms with Crippen molar-refractivity contribution in [3.8, 4) is 11.1 Å². The van der Waals surface area contributed by atoms with Gasteiger partial charge in [-0.2, -0.15) is 0 Å². The first-order valence-corrected chi connectivity index (χ1v) is 9.07. The molecule has 0 spiro atoms. The van der Waals surface area contributed by atoms with Crippen LogP contribution in [0.3, 0.4) is 0 Å². The zero-order valence-corrected chi connectivity index (χ0v) is 17.0. The van der Waals surface area contributed by atoms with E-state index in [0.29, 0.717) is 45.8 Å². The Morgan fingerprint density at radius 1 is 1.14 bits per heavy atom. The summed E-state index contributed by atoms with van der Waals surface area (Å²) in [4.78, 5) is 37.5. The van der Waals surface area contributed by atoms with E-state index >= 15 is 0 Å². The number of imide groups is 1. The fourth-order valence-electron chi connectivity index (χ4n) is 3.56. The number of hydrogen-bond donors (Lipinski definition) is 3. The van der Waals surface area contributed by atoms with E-state index in [1.807, 2.05) is 6.07 Å². The van der Waals surface area contributed by atoms with Gasteiger partial charge in [-0.25, -0.2) is 0 Å². The molecule has 0 fully saturated rings. The molecule has 29 heavy (non-hydrogen) atoms. The highest BCUT2D eigenvalue weighted by Crippen LogP contribution is 2.39. The number of nitrogens with zero attached hydrogens (tertiary/aromatic N) is 1. The molecule has 9 heteroatoms. The van der Waals surface area contributed by atoms with E-state index in [0.717, 1.165) is 0 Å². The molecule has 4 rings (SSSR count). The number of aryl methyl sites for hydroxylation is 1. The standard InChI is InChI=1S/C20H17ClN4O3.ClH/c1-25-14-8-11(10-4-2-3-5-13(10)21)16-17(20(28)24-19(16)27)12(14)9-15(25)18(26)23-7-6-22;/h2-5,8-9H,6-7,22H2,1H3,(H,23,26)(H,24,27,28);1H. The lowest BCUT2D eigenvalue weighted by Gasteiger charge is -2.11. The van der Waals surface area contributed by atoms with Crippen molar-refractivity contribution >= 4 is 52.6 Å². The number of nitrogens with one attached hydrogen (secondary N) is 2. The first-order chi connectivity index (χ1) is 13.4. The third-order valence-electron chi connectivity index (χ3n) is 4.86. The molecule has 0 bridgehead atoms. The predicted molar refractivity (Wildman–Crippen MR) is 114 cm³/mol. The van der Waals surface area contributed by atoms with Crippen LogP contribution in [0.15, 0.2) is 36.4 Å². The van der Waals surface area contributed by atoms with Crippen LogP contribution in [0.25, 0.3) is 22.0 Å². The highest BCUT2D eigenvalue weighted by atomic mass is 35.5. The number of hydrogen-bond acceptors (Lipinski definition) is 4. The largest absolute Gasteiger partial charge is 0.349 e. The van der Waals surface area contributed by atoms with Gasteiger partial charge in [0.25, 0.3) is 17.7 Å². The Balaban J connectivity index is 0.00000240. The monoisotopic (exact) mass is 432 g/mol. The highest BCUT2D eigenvalue weighted by Gasteiger charge is 2.34. The minimum Gasteiger partial charge on any atom is -0.349 e. The number of amides is 3. The van der Waals surface area contributed by atoms with Crippen molar-refractivity contribution in [2.24, 2.45) is 12.8 Å². The van der Waals surface area contributed by atoms with E-state index in [1.165, 1.54) is 0 Å². The van der Waals surface area contributed by atoms with Gasteiger partial charge in [-0.15, -0.1) is 12.4 Å². The summed E-state index contributed by atoms with van der Waals surface area (Å²) in [6.07, 6.45) is 0. The molecule has 1 aliphatic rings. The smallest absolute Gasteiger partial charge is 0.267 e. The molecule has 2 aromatic carbocycles. The van der Waals surface area contributed by atoms with Crippen LogP contribution >= 0.6 is 24.0 Å². The third kappa shape index (κ3) is 3.27. The van der Waals surface area contributed by atoms with Crippen molar-refractivity contribution in [1.29, 1.82) is 0 Å². The Kier molecular flexibility index (Phi) is 5.66. The van der Waals surface area contributed by atoms with Crippen LogP contribution in [0.5, 0.6) is 0 Å². The van der Waals surface area contributed by atoms with Crippen molar-refractivity contribution in [3.63, 3.8) is 0 Å². The van der Waals surface area contributed by atoms with Crippen LogP contribution in [0.4, 0.5) is 0 Å². The average molecular weight is 433 g/mol. The Labute approximate surface area is 177 Å². The number of rotatable bonds is 4. The number of carbonyl (C=O) groups is 3. The van der Waals surface area contributed by atoms with Crippen LogP contribution in [-0.2, 0) is 7.05 Å². The molecule has 0 unspecified atom stereocenters. The summed E-state index contributed by atoms with van der Waals surface area (Å²) in [5.41, 5.74) is 8.18. The van der Waals surface area contributed by atoms with Gasteiger partial charge < -0.3 is 15.6 Å². The summed E-state index contributed by atoms with van der Waals surface area (Å²) in [5, 5.41) is 6.07. The van der Waals surface area contributed by atoms with Crippen molar-refractivity contribution in [1.82, 2.24) is 15.2 Å². The normalized spacial score (nSPS) is 12.5. The summed E-state index contributed by atoms with van der Waals surface area (Å²) >= 11 is 6.35. The predicted octanol–water partition coefficient (Wildman–Crippen LogP) is 2.49.